The Kier molecular flexibility index (Phi) is 2.34. The summed E-state index contributed by atoms with van der Waals surface area (Å²) in [6, 6.07) is 6.38. The number of rotatable bonds is 1. The van der Waals surface area contributed by atoms with Crippen molar-refractivity contribution in [1.82, 2.24) is 14.5 Å². The van der Waals surface area contributed by atoms with Crippen molar-refractivity contribution in [2.75, 3.05) is 13.1 Å². The van der Waals surface area contributed by atoms with Crippen molar-refractivity contribution in [3.8, 4) is 0 Å². The van der Waals surface area contributed by atoms with Crippen molar-refractivity contribution < 1.29 is 9.90 Å². The summed E-state index contributed by atoms with van der Waals surface area (Å²) in [6.45, 7) is 1.43. The molecule has 0 aromatic carbocycles. The Balaban J connectivity index is 1.52. The van der Waals surface area contributed by atoms with Gasteiger partial charge in [0.15, 0.2) is 0 Å². The maximum atomic E-state index is 10.9. The van der Waals surface area contributed by atoms with E-state index in [4.69, 9.17) is 5.11 Å². The van der Waals surface area contributed by atoms with E-state index in [1.807, 2.05) is 23.0 Å². The first-order valence-electron chi connectivity index (χ1n) is 7.06. The number of hydrogen-bond acceptors (Lipinski definition) is 2. The molecule has 104 valence electrons. The second kappa shape index (κ2) is 3.98. The molecule has 2 fully saturated rings. The molecule has 1 atom stereocenters. The molecule has 2 aromatic rings. The number of nitrogens with zero attached hydrogens (tertiary/aromatic N) is 3. The molecule has 2 aliphatic rings. The first-order chi connectivity index (χ1) is 9.65. The Bertz CT molecular complexity index is 673. The molecule has 1 unspecified atom stereocenters. The van der Waals surface area contributed by atoms with E-state index in [9.17, 15) is 4.79 Å². The van der Waals surface area contributed by atoms with Crippen molar-refractivity contribution in [2.24, 2.45) is 5.41 Å². The predicted molar refractivity (Wildman–Crippen MR) is 73.8 cm³/mol. The standard InChI is InChI=1S/C15H17N3O2/c19-14(20)17-9-15(10-17)4-1-12(8-15)11-3-6-18-13(7-11)2-5-16-18/h2-3,5-7,12H,1,4,8-10H2,(H,19,20). The van der Waals surface area contributed by atoms with Gasteiger partial charge >= 0.3 is 6.09 Å². The van der Waals surface area contributed by atoms with E-state index in [1.165, 1.54) is 10.5 Å². The van der Waals surface area contributed by atoms with Gasteiger partial charge in [-0.1, -0.05) is 0 Å². The molecule has 2 aromatic heterocycles. The van der Waals surface area contributed by atoms with Gasteiger partial charge in [-0.05, 0) is 48.9 Å². The van der Waals surface area contributed by atoms with E-state index in [-0.39, 0.29) is 5.41 Å². The zero-order valence-electron chi connectivity index (χ0n) is 11.2. The van der Waals surface area contributed by atoms with Crippen LogP contribution in [0.2, 0.25) is 0 Å². The minimum atomic E-state index is -0.778. The number of amides is 1. The van der Waals surface area contributed by atoms with Gasteiger partial charge in [0.1, 0.15) is 0 Å². The van der Waals surface area contributed by atoms with Crippen LogP contribution in [0, 0.1) is 5.41 Å². The number of hydrogen-bond donors (Lipinski definition) is 1. The molecule has 0 bridgehead atoms. The van der Waals surface area contributed by atoms with E-state index in [0.717, 1.165) is 24.8 Å². The average molecular weight is 271 g/mol. The topological polar surface area (TPSA) is 57.8 Å². The highest BCUT2D eigenvalue weighted by Gasteiger charge is 2.49. The zero-order chi connectivity index (χ0) is 13.7. The number of likely N-dealkylation sites (tertiary alicyclic amines) is 1. The van der Waals surface area contributed by atoms with Gasteiger partial charge in [-0.3, -0.25) is 0 Å². The number of carbonyl (C=O) groups is 1. The normalized spacial score (nSPS) is 24.2. The van der Waals surface area contributed by atoms with Gasteiger partial charge in [0.05, 0.1) is 5.52 Å². The lowest BCUT2D eigenvalue weighted by Gasteiger charge is -2.46. The van der Waals surface area contributed by atoms with E-state index < -0.39 is 6.09 Å². The van der Waals surface area contributed by atoms with Gasteiger partial charge in [0.25, 0.3) is 0 Å². The number of aromatic nitrogens is 2. The number of pyridine rings is 1. The fourth-order valence-electron chi connectivity index (χ4n) is 3.87. The van der Waals surface area contributed by atoms with Crippen LogP contribution in [0.1, 0.15) is 30.7 Å². The van der Waals surface area contributed by atoms with Crippen LogP contribution in [-0.2, 0) is 0 Å². The second-order valence-corrected chi connectivity index (χ2v) is 6.24. The molecule has 3 heterocycles. The van der Waals surface area contributed by atoms with E-state index >= 15 is 0 Å². The fraction of sp³-hybridized carbons (Fsp3) is 0.467. The van der Waals surface area contributed by atoms with Crippen LogP contribution in [0.5, 0.6) is 0 Å². The zero-order valence-corrected chi connectivity index (χ0v) is 11.2. The summed E-state index contributed by atoms with van der Waals surface area (Å²) >= 11 is 0. The summed E-state index contributed by atoms with van der Waals surface area (Å²) < 4.78 is 1.88. The summed E-state index contributed by atoms with van der Waals surface area (Å²) in [6.07, 6.45) is 6.47. The first kappa shape index (κ1) is 11.8. The highest BCUT2D eigenvalue weighted by Crippen LogP contribution is 2.51. The van der Waals surface area contributed by atoms with Crippen molar-refractivity contribution in [1.29, 1.82) is 0 Å². The van der Waals surface area contributed by atoms with Gasteiger partial charge in [-0.15, -0.1) is 0 Å². The molecule has 1 saturated carbocycles. The Morgan fingerprint density at radius 1 is 1.40 bits per heavy atom. The second-order valence-electron chi connectivity index (χ2n) is 6.24. The molecular weight excluding hydrogens is 254 g/mol. The molecular formula is C15H17N3O2. The summed E-state index contributed by atoms with van der Waals surface area (Å²) in [7, 11) is 0. The highest BCUT2D eigenvalue weighted by atomic mass is 16.4. The molecule has 5 nitrogen and oxygen atoms in total. The van der Waals surface area contributed by atoms with Crippen molar-refractivity contribution in [3.05, 3.63) is 36.2 Å². The molecule has 20 heavy (non-hydrogen) atoms. The average Bonchev–Trinajstić information content (AvgIpc) is 3.02. The minimum Gasteiger partial charge on any atom is -0.465 e. The van der Waals surface area contributed by atoms with E-state index in [0.29, 0.717) is 19.0 Å². The lowest BCUT2D eigenvalue weighted by atomic mass is 9.77. The maximum absolute atomic E-state index is 10.9. The lowest BCUT2D eigenvalue weighted by molar-refractivity contribution is 0.0141. The van der Waals surface area contributed by atoms with Gasteiger partial charge < -0.3 is 10.0 Å². The van der Waals surface area contributed by atoms with Crippen LogP contribution < -0.4 is 0 Å². The Morgan fingerprint density at radius 3 is 3.05 bits per heavy atom. The molecule has 1 aliphatic carbocycles. The van der Waals surface area contributed by atoms with Crippen LogP contribution in [0.4, 0.5) is 4.79 Å². The van der Waals surface area contributed by atoms with Crippen molar-refractivity contribution >= 4 is 11.6 Å². The molecule has 4 rings (SSSR count). The van der Waals surface area contributed by atoms with Crippen LogP contribution in [0.3, 0.4) is 0 Å². The molecule has 0 radical (unpaired) electrons. The lowest BCUT2D eigenvalue weighted by Crippen LogP contribution is -2.56. The predicted octanol–water partition coefficient (Wildman–Crippen LogP) is 2.58. The maximum Gasteiger partial charge on any atom is 0.407 e. The Labute approximate surface area is 116 Å². The monoisotopic (exact) mass is 271 g/mol. The summed E-state index contributed by atoms with van der Waals surface area (Å²) in [5.74, 6) is 0.561. The van der Waals surface area contributed by atoms with Gasteiger partial charge in [-0.25, -0.2) is 9.31 Å². The number of carboxylic acid groups (broad SMARTS) is 1. The van der Waals surface area contributed by atoms with Crippen LogP contribution in [0.15, 0.2) is 30.6 Å². The quantitative estimate of drug-likeness (QED) is 0.867. The first-order valence-corrected chi connectivity index (χ1v) is 7.06. The summed E-state index contributed by atoms with van der Waals surface area (Å²) in [5, 5.41) is 13.2. The minimum absolute atomic E-state index is 0.245. The molecule has 1 saturated heterocycles. The van der Waals surface area contributed by atoms with Gasteiger partial charge in [-0.2, -0.15) is 5.10 Å². The Morgan fingerprint density at radius 2 is 2.25 bits per heavy atom. The van der Waals surface area contributed by atoms with Crippen LogP contribution in [0.25, 0.3) is 5.52 Å². The van der Waals surface area contributed by atoms with Gasteiger partial charge in [0.2, 0.25) is 0 Å². The van der Waals surface area contributed by atoms with Crippen LogP contribution in [-0.4, -0.2) is 38.8 Å². The SMILES string of the molecule is O=C(O)N1CC2(CCC(c3ccn4nccc4c3)C2)C1. The molecule has 1 N–H and O–H groups in total. The highest BCUT2D eigenvalue weighted by molar-refractivity contribution is 5.66. The number of fused-ring (bicyclic) bond motifs is 1. The summed E-state index contributed by atoms with van der Waals surface area (Å²) in [5.41, 5.74) is 2.74. The molecule has 1 aliphatic heterocycles. The third-order valence-electron chi connectivity index (χ3n) is 4.92. The Hall–Kier alpha value is -2.04. The van der Waals surface area contributed by atoms with E-state index in [2.05, 4.69) is 17.2 Å². The third-order valence-corrected chi connectivity index (χ3v) is 4.92. The third kappa shape index (κ3) is 1.69. The smallest absolute Gasteiger partial charge is 0.407 e. The largest absolute Gasteiger partial charge is 0.465 e. The molecule has 1 amide bonds. The molecule has 5 heteroatoms. The van der Waals surface area contributed by atoms with Crippen molar-refractivity contribution in [2.45, 2.75) is 25.2 Å². The fourth-order valence-corrected chi connectivity index (χ4v) is 3.87. The summed E-state index contributed by atoms with van der Waals surface area (Å²) in [4.78, 5) is 12.4. The van der Waals surface area contributed by atoms with E-state index in [1.54, 1.807) is 0 Å². The van der Waals surface area contributed by atoms with Gasteiger partial charge in [0, 0.05) is 30.9 Å². The van der Waals surface area contributed by atoms with Crippen molar-refractivity contribution in [3.63, 3.8) is 0 Å². The molecule has 1 spiro atoms. The van der Waals surface area contributed by atoms with Crippen LogP contribution >= 0.6 is 0 Å².